The normalized spacial score (nSPS) is 10.7. The summed E-state index contributed by atoms with van der Waals surface area (Å²) in [6.07, 6.45) is 0. The van der Waals surface area contributed by atoms with Crippen molar-refractivity contribution in [2.75, 3.05) is 17.7 Å². The molecule has 9 heteroatoms. The number of rotatable bonds is 5. The van der Waals surface area contributed by atoms with E-state index >= 15 is 0 Å². The van der Waals surface area contributed by atoms with Gasteiger partial charge in [0.1, 0.15) is 17.3 Å². The van der Waals surface area contributed by atoms with Gasteiger partial charge in [-0.25, -0.2) is 14.4 Å². The van der Waals surface area contributed by atoms with Crippen LogP contribution in [0, 0.1) is 5.82 Å². The molecule has 4 rings (SSSR count). The zero-order valence-electron chi connectivity index (χ0n) is 16.6. The van der Waals surface area contributed by atoms with Gasteiger partial charge in [-0.1, -0.05) is 6.07 Å². The fraction of sp³-hybridized carbons (Fsp3) is 0.0909. The van der Waals surface area contributed by atoms with Crippen LogP contribution in [0.4, 0.5) is 15.2 Å². The second-order valence-electron chi connectivity index (χ2n) is 6.62. The molecule has 4 aromatic rings. The summed E-state index contributed by atoms with van der Waals surface area (Å²) in [4.78, 5) is 32.4. The van der Waals surface area contributed by atoms with Crippen molar-refractivity contribution in [3.8, 4) is 17.0 Å². The number of carbonyl (C=O) groups excluding carboxylic acids is 2. The number of amides is 2. The maximum Gasteiger partial charge on any atom is 0.276 e. The van der Waals surface area contributed by atoms with E-state index in [0.717, 1.165) is 5.39 Å². The average molecular weight is 436 g/mol. The molecule has 0 saturated heterocycles. The minimum absolute atomic E-state index is 0.236. The Balaban J connectivity index is 1.51. The standard InChI is InChI=1S/C22H17FN4O3S/c1-12(28)24-14-4-6-16(17(23)10-14)20-11-31-22(26-20)27-21(29)19-7-3-13-9-15(30-2)5-8-18(13)25-19/h3-11H,1-2H3,(H,24,28)(H,26,27,29). The van der Waals surface area contributed by atoms with Crippen LogP contribution in [0.2, 0.25) is 0 Å². The smallest absolute Gasteiger partial charge is 0.276 e. The van der Waals surface area contributed by atoms with E-state index in [9.17, 15) is 14.0 Å². The van der Waals surface area contributed by atoms with Crippen molar-refractivity contribution in [3.05, 3.63) is 65.4 Å². The molecule has 2 N–H and O–H groups in total. The van der Waals surface area contributed by atoms with Crippen molar-refractivity contribution in [1.82, 2.24) is 9.97 Å². The van der Waals surface area contributed by atoms with E-state index in [1.807, 2.05) is 6.07 Å². The Morgan fingerprint density at radius 2 is 1.87 bits per heavy atom. The molecule has 0 aliphatic carbocycles. The molecule has 0 aliphatic rings. The number of hydrogen-bond donors (Lipinski definition) is 2. The Kier molecular flexibility index (Phi) is 5.59. The Bertz CT molecular complexity index is 1310. The van der Waals surface area contributed by atoms with Crippen LogP contribution in [0.3, 0.4) is 0 Å². The van der Waals surface area contributed by atoms with Crippen molar-refractivity contribution in [1.29, 1.82) is 0 Å². The summed E-state index contributed by atoms with van der Waals surface area (Å²) in [7, 11) is 1.59. The van der Waals surface area contributed by atoms with Crippen LogP contribution in [0.25, 0.3) is 22.2 Å². The number of nitrogens with zero attached hydrogens (tertiary/aromatic N) is 2. The number of methoxy groups -OCH3 is 1. The van der Waals surface area contributed by atoms with Crippen LogP contribution in [-0.2, 0) is 4.79 Å². The molecule has 2 heterocycles. The second-order valence-corrected chi connectivity index (χ2v) is 7.48. The molecule has 0 saturated carbocycles. The molecule has 0 unspecified atom stereocenters. The number of anilines is 2. The number of hydrogen-bond acceptors (Lipinski definition) is 6. The molecule has 7 nitrogen and oxygen atoms in total. The van der Waals surface area contributed by atoms with Gasteiger partial charge in [-0.05, 0) is 42.5 Å². The topological polar surface area (TPSA) is 93.2 Å². The third-order valence-corrected chi connectivity index (χ3v) is 5.18. The largest absolute Gasteiger partial charge is 0.497 e. The van der Waals surface area contributed by atoms with Crippen molar-refractivity contribution in [3.63, 3.8) is 0 Å². The summed E-state index contributed by atoms with van der Waals surface area (Å²) in [6.45, 7) is 1.35. The van der Waals surface area contributed by atoms with E-state index < -0.39 is 11.7 Å². The number of aromatic nitrogens is 2. The molecule has 31 heavy (non-hydrogen) atoms. The third-order valence-electron chi connectivity index (χ3n) is 4.42. The lowest BCUT2D eigenvalue weighted by Gasteiger charge is -2.05. The van der Waals surface area contributed by atoms with Gasteiger partial charge in [0.25, 0.3) is 5.91 Å². The average Bonchev–Trinajstić information content (AvgIpc) is 3.20. The van der Waals surface area contributed by atoms with Gasteiger partial charge in [0.2, 0.25) is 5.91 Å². The van der Waals surface area contributed by atoms with Crippen LogP contribution in [-0.4, -0.2) is 28.9 Å². The third kappa shape index (κ3) is 4.51. The quantitative estimate of drug-likeness (QED) is 0.472. The first-order chi connectivity index (χ1) is 14.9. The zero-order valence-corrected chi connectivity index (χ0v) is 17.4. The van der Waals surface area contributed by atoms with Gasteiger partial charge in [-0.3, -0.25) is 14.9 Å². The lowest BCUT2D eigenvalue weighted by molar-refractivity contribution is -0.114. The van der Waals surface area contributed by atoms with Gasteiger partial charge in [0.15, 0.2) is 5.13 Å². The molecule has 0 aliphatic heterocycles. The fourth-order valence-electron chi connectivity index (χ4n) is 2.98. The van der Waals surface area contributed by atoms with Crippen LogP contribution < -0.4 is 15.4 Å². The van der Waals surface area contributed by atoms with Crippen LogP contribution >= 0.6 is 11.3 Å². The van der Waals surface area contributed by atoms with Gasteiger partial charge in [-0.15, -0.1) is 11.3 Å². The highest BCUT2D eigenvalue weighted by Gasteiger charge is 2.14. The highest BCUT2D eigenvalue weighted by molar-refractivity contribution is 7.14. The molecule has 2 aromatic heterocycles. The molecule has 0 spiro atoms. The first-order valence-corrected chi connectivity index (χ1v) is 10.1. The molecule has 2 aromatic carbocycles. The van der Waals surface area contributed by atoms with Crippen molar-refractivity contribution in [2.45, 2.75) is 6.92 Å². The maximum atomic E-state index is 14.4. The Hall–Kier alpha value is -3.85. The molecule has 0 fully saturated rings. The molecular weight excluding hydrogens is 419 g/mol. The number of carbonyl (C=O) groups is 2. The zero-order chi connectivity index (χ0) is 22.0. The van der Waals surface area contributed by atoms with Gasteiger partial charge in [0, 0.05) is 28.9 Å². The second kappa shape index (κ2) is 8.49. The highest BCUT2D eigenvalue weighted by Crippen LogP contribution is 2.29. The number of benzene rings is 2. The highest BCUT2D eigenvalue weighted by atomic mass is 32.1. The molecule has 0 atom stereocenters. The fourth-order valence-corrected chi connectivity index (χ4v) is 3.68. The summed E-state index contributed by atoms with van der Waals surface area (Å²) in [5, 5.41) is 8.04. The van der Waals surface area contributed by atoms with Crippen LogP contribution in [0.5, 0.6) is 5.75 Å². The Labute approximate surface area is 180 Å². The molecule has 0 bridgehead atoms. The van der Waals surface area contributed by atoms with Gasteiger partial charge < -0.3 is 10.1 Å². The number of nitrogens with one attached hydrogen (secondary N) is 2. The lowest BCUT2D eigenvalue weighted by atomic mass is 10.1. The maximum absolute atomic E-state index is 14.4. The molecule has 0 radical (unpaired) electrons. The Morgan fingerprint density at radius 3 is 2.61 bits per heavy atom. The monoisotopic (exact) mass is 436 g/mol. The van der Waals surface area contributed by atoms with Crippen molar-refractivity contribution >= 4 is 44.9 Å². The number of pyridine rings is 1. The first-order valence-electron chi connectivity index (χ1n) is 9.22. The van der Waals surface area contributed by atoms with E-state index in [0.29, 0.717) is 27.8 Å². The molecule has 2 amide bonds. The minimum Gasteiger partial charge on any atom is -0.497 e. The van der Waals surface area contributed by atoms with Gasteiger partial charge in [-0.2, -0.15) is 0 Å². The summed E-state index contributed by atoms with van der Waals surface area (Å²) < 4.78 is 19.6. The van der Waals surface area contributed by atoms with Crippen LogP contribution in [0.15, 0.2) is 53.9 Å². The van der Waals surface area contributed by atoms with Crippen LogP contribution in [0.1, 0.15) is 17.4 Å². The molecular formula is C22H17FN4O3S. The number of fused-ring (bicyclic) bond motifs is 1. The first kappa shape index (κ1) is 20.4. The molecule has 156 valence electrons. The predicted molar refractivity (Wildman–Crippen MR) is 118 cm³/mol. The Morgan fingerprint density at radius 1 is 1.03 bits per heavy atom. The summed E-state index contributed by atoms with van der Waals surface area (Å²) in [6, 6.07) is 13.1. The number of halogens is 1. The summed E-state index contributed by atoms with van der Waals surface area (Å²) >= 11 is 1.18. The van der Waals surface area contributed by atoms with E-state index in [2.05, 4.69) is 20.6 Å². The van der Waals surface area contributed by atoms with E-state index in [4.69, 9.17) is 4.74 Å². The van der Waals surface area contributed by atoms with E-state index in [1.54, 1.807) is 42.8 Å². The lowest BCUT2D eigenvalue weighted by Crippen LogP contribution is -2.13. The van der Waals surface area contributed by atoms with E-state index in [1.165, 1.54) is 30.4 Å². The van der Waals surface area contributed by atoms with E-state index in [-0.39, 0.29) is 17.2 Å². The minimum atomic E-state index is -0.527. The summed E-state index contributed by atoms with van der Waals surface area (Å²) in [5.41, 5.74) is 1.90. The predicted octanol–water partition coefficient (Wildman–Crippen LogP) is 4.72. The van der Waals surface area contributed by atoms with Gasteiger partial charge in [0.05, 0.1) is 18.3 Å². The summed E-state index contributed by atoms with van der Waals surface area (Å²) in [5.74, 6) is -0.521. The van der Waals surface area contributed by atoms with Crippen molar-refractivity contribution < 1.29 is 18.7 Å². The number of thiazole rings is 1. The van der Waals surface area contributed by atoms with Gasteiger partial charge >= 0.3 is 0 Å². The van der Waals surface area contributed by atoms with Crippen molar-refractivity contribution in [2.24, 2.45) is 0 Å². The number of ether oxygens (including phenoxy) is 1. The SMILES string of the molecule is COc1ccc2nc(C(=O)Nc3nc(-c4ccc(NC(C)=O)cc4F)cs3)ccc2c1.